The number of hydrogen-bond donors (Lipinski definition) is 3. The van der Waals surface area contributed by atoms with E-state index in [1.807, 2.05) is 0 Å². The monoisotopic (exact) mass is 409 g/mol. The summed E-state index contributed by atoms with van der Waals surface area (Å²) in [5.41, 5.74) is 0.355. The van der Waals surface area contributed by atoms with Crippen molar-refractivity contribution in [2.24, 2.45) is 0 Å². The molecule has 0 fully saturated rings. The highest BCUT2D eigenvalue weighted by Gasteiger charge is 2.18. The van der Waals surface area contributed by atoms with Crippen LogP contribution in [-0.2, 0) is 14.8 Å². The second-order valence-electron chi connectivity index (χ2n) is 6.02. The zero-order valence-electron chi connectivity index (χ0n) is 14.8. The minimum absolute atomic E-state index is 0.0428. The van der Waals surface area contributed by atoms with Gasteiger partial charge in [0.2, 0.25) is 5.91 Å². The Balaban J connectivity index is 2.13. The highest BCUT2D eigenvalue weighted by atomic mass is 35.5. The van der Waals surface area contributed by atoms with Crippen LogP contribution in [0.15, 0.2) is 53.4 Å². The Morgan fingerprint density at radius 3 is 2.44 bits per heavy atom. The minimum Gasteiger partial charge on any atom is -0.352 e. The molecule has 0 aromatic heterocycles. The Morgan fingerprint density at radius 2 is 1.78 bits per heavy atom. The minimum atomic E-state index is -3.93. The quantitative estimate of drug-likeness (QED) is 0.653. The van der Waals surface area contributed by atoms with E-state index >= 15 is 0 Å². The van der Waals surface area contributed by atoms with Crippen LogP contribution in [0.5, 0.6) is 0 Å². The lowest BCUT2D eigenvalue weighted by atomic mass is 10.2. The lowest BCUT2D eigenvalue weighted by Gasteiger charge is -2.11. The number of carbonyl (C=O) groups excluding carboxylic acids is 2. The van der Waals surface area contributed by atoms with Gasteiger partial charge < -0.3 is 10.6 Å². The number of para-hydroxylation sites is 1. The summed E-state index contributed by atoms with van der Waals surface area (Å²) in [5.74, 6) is -0.883. The summed E-state index contributed by atoms with van der Waals surface area (Å²) < 4.78 is 27.5. The fourth-order valence-electron chi connectivity index (χ4n) is 2.19. The summed E-state index contributed by atoms with van der Waals surface area (Å²) in [6.45, 7) is 3.41. The summed E-state index contributed by atoms with van der Waals surface area (Å²) in [7, 11) is -3.93. The average molecular weight is 410 g/mol. The van der Waals surface area contributed by atoms with E-state index in [4.69, 9.17) is 11.6 Å². The number of hydrogen-bond acceptors (Lipinski definition) is 4. The molecule has 0 aliphatic carbocycles. The number of sulfonamides is 1. The smallest absolute Gasteiger partial charge is 0.261 e. The molecule has 0 heterocycles. The van der Waals surface area contributed by atoms with Gasteiger partial charge in [0.05, 0.1) is 22.2 Å². The van der Waals surface area contributed by atoms with Crippen molar-refractivity contribution in [3.8, 4) is 0 Å². The fourth-order valence-corrected chi connectivity index (χ4v) is 3.55. The lowest BCUT2D eigenvalue weighted by molar-refractivity contribution is -0.120. The molecule has 2 aromatic rings. The molecule has 2 rings (SSSR count). The number of carbonyl (C=O) groups is 2. The maximum Gasteiger partial charge on any atom is 0.261 e. The van der Waals surface area contributed by atoms with Crippen molar-refractivity contribution in [1.29, 1.82) is 0 Å². The largest absolute Gasteiger partial charge is 0.352 e. The van der Waals surface area contributed by atoms with Crippen molar-refractivity contribution in [3.63, 3.8) is 0 Å². The molecule has 0 radical (unpaired) electrons. The standard InChI is InChI=1S/C18H20ClN3O4S/c1-12(2)21-17(23)11-20-18(24)13-6-5-7-14(10-13)27(25,26)22-16-9-4-3-8-15(16)19/h3-10,12,22H,11H2,1-2H3,(H,20,24)(H,21,23). The molecule has 0 saturated heterocycles. The van der Waals surface area contributed by atoms with Crippen molar-refractivity contribution in [2.45, 2.75) is 24.8 Å². The molecule has 144 valence electrons. The van der Waals surface area contributed by atoms with Crippen molar-refractivity contribution in [2.75, 3.05) is 11.3 Å². The summed E-state index contributed by atoms with van der Waals surface area (Å²) in [6, 6.07) is 11.9. The van der Waals surface area contributed by atoms with Gasteiger partial charge in [-0.25, -0.2) is 8.42 Å². The number of halogens is 1. The highest BCUT2D eigenvalue weighted by molar-refractivity contribution is 7.92. The van der Waals surface area contributed by atoms with Gasteiger partial charge in [0.25, 0.3) is 15.9 Å². The lowest BCUT2D eigenvalue weighted by Crippen LogP contribution is -2.39. The highest BCUT2D eigenvalue weighted by Crippen LogP contribution is 2.24. The SMILES string of the molecule is CC(C)NC(=O)CNC(=O)c1cccc(S(=O)(=O)Nc2ccccc2Cl)c1. The van der Waals surface area contributed by atoms with Crippen LogP contribution >= 0.6 is 11.6 Å². The maximum absolute atomic E-state index is 12.6. The van der Waals surface area contributed by atoms with Gasteiger partial charge in [-0.3, -0.25) is 14.3 Å². The maximum atomic E-state index is 12.6. The molecule has 0 spiro atoms. The van der Waals surface area contributed by atoms with Gasteiger partial charge in [0.15, 0.2) is 0 Å². The van der Waals surface area contributed by atoms with Crippen LogP contribution in [0.25, 0.3) is 0 Å². The van der Waals surface area contributed by atoms with Gasteiger partial charge in [-0.1, -0.05) is 29.8 Å². The molecule has 9 heteroatoms. The first-order valence-electron chi connectivity index (χ1n) is 8.14. The molecule has 7 nitrogen and oxygen atoms in total. The number of rotatable bonds is 7. The van der Waals surface area contributed by atoms with Gasteiger partial charge >= 0.3 is 0 Å². The third-order valence-corrected chi connectivity index (χ3v) is 5.08. The molecule has 0 atom stereocenters. The van der Waals surface area contributed by atoms with Crippen molar-refractivity contribution >= 4 is 39.1 Å². The zero-order valence-corrected chi connectivity index (χ0v) is 16.4. The summed E-state index contributed by atoms with van der Waals surface area (Å²) >= 11 is 5.98. The van der Waals surface area contributed by atoms with E-state index in [9.17, 15) is 18.0 Å². The van der Waals surface area contributed by atoms with E-state index in [0.717, 1.165) is 0 Å². The topological polar surface area (TPSA) is 104 Å². The first-order valence-corrected chi connectivity index (χ1v) is 10.00. The molecule has 0 aliphatic rings. The zero-order chi connectivity index (χ0) is 20.0. The van der Waals surface area contributed by atoms with Crippen LogP contribution in [0, 0.1) is 0 Å². The summed E-state index contributed by atoms with van der Waals surface area (Å²) in [4.78, 5) is 23.7. The van der Waals surface area contributed by atoms with E-state index in [2.05, 4.69) is 15.4 Å². The Kier molecular flexibility index (Phi) is 6.81. The third-order valence-electron chi connectivity index (χ3n) is 3.38. The van der Waals surface area contributed by atoms with Crippen LogP contribution in [-0.4, -0.2) is 32.8 Å². The molecule has 0 unspecified atom stereocenters. The molecule has 0 aliphatic heterocycles. The van der Waals surface area contributed by atoms with Crippen LogP contribution in [0.3, 0.4) is 0 Å². The molecule has 2 amide bonds. The Labute approximate surface area is 163 Å². The molecule has 27 heavy (non-hydrogen) atoms. The van der Waals surface area contributed by atoms with Crippen LogP contribution in [0.1, 0.15) is 24.2 Å². The van der Waals surface area contributed by atoms with Gasteiger partial charge in [0, 0.05) is 11.6 Å². The normalized spacial score (nSPS) is 11.1. The molecule has 0 saturated carbocycles. The molecule has 3 N–H and O–H groups in total. The van der Waals surface area contributed by atoms with Gasteiger partial charge in [-0.15, -0.1) is 0 Å². The summed E-state index contributed by atoms with van der Waals surface area (Å²) in [6.07, 6.45) is 0. The van der Waals surface area contributed by atoms with Gasteiger partial charge in [-0.05, 0) is 44.2 Å². The number of amides is 2. The average Bonchev–Trinajstić information content (AvgIpc) is 2.61. The van der Waals surface area contributed by atoms with Gasteiger partial charge in [-0.2, -0.15) is 0 Å². The van der Waals surface area contributed by atoms with Crippen LogP contribution in [0.2, 0.25) is 5.02 Å². The van der Waals surface area contributed by atoms with Crippen molar-refractivity contribution in [3.05, 3.63) is 59.1 Å². The van der Waals surface area contributed by atoms with Crippen molar-refractivity contribution in [1.82, 2.24) is 10.6 Å². The number of nitrogens with one attached hydrogen (secondary N) is 3. The molecule has 2 aromatic carbocycles. The Bertz CT molecular complexity index is 945. The third kappa shape index (κ3) is 5.97. The Morgan fingerprint density at radius 1 is 1.07 bits per heavy atom. The van der Waals surface area contributed by atoms with Crippen LogP contribution < -0.4 is 15.4 Å². The van der Waals surface area contributed by atoms with E-state index < -0.39 is 15.9 Å². The second-order valence-corrected chi connectivity index (χ2v) is 8.11. The first kappa shape index (κ1) is 20.7. The van der Waals surface area contributed by atoms with E-state index in [-0.39, 0.29) is 39.7 Å². The summed E-state index contributed by atoms with van der Waals surface area (Å²) in [5, 5.41) is 5.36. The van der Waals surface area contributed by atoms with Crippen molar-refractivity contribution < 1.29 is 18.0 Å². The van der Waals surface area contributed by atoms with Gasteiger partial charge in [0.1, 0.15) is 0 Å². The van der Waals surface area contributed by atoms with E-state index in [0.29, 0.717) is 0 Å². The molecule has 0 bridgehead atoms. The fraction of sp³-hybridized carbons (Fsp3) is 0.222. The second kappa shape index (κ2) is 8.88. The van der Waals surface area contributed by atoms with E-state index in [1.165, 1.54) is 30.3 Å². The molecular weight excluding hydrogens is 390 g/mol. The predicted molar refractivity (Wildman–Crippen MR) is 104 cm³/mol. The predicted octanol–water partition coefficient (Wildman–Crippen LogP) is 2.40. The van der Waals surface area contributed by atoms with E-state index in [1.54, 1.807) is 32.0 Å². The number of benzene rings is 2. The number of anilines is 1. The molecular formula is C18H20ClN3O4S. The van der Waals surface area contributed by atoms with Crippen LogP contribution in [0.4, 0.5) is 5.69 Å². The first-order chi connectivity index (χ1) is 12.7. The Hall–Kier alpha value is -2.58.